The summed E-state index contributed by atoms with van der Waals surface area (Å²) in [6.07, 6.45) is 0. The van der Waals surface area contributed by atoms with Gasteiger partial charge in [-0.15, -0.1) is 0 Å². The number of hydrogen-bond acceptors (Lipinski definition) is 6. The number of carbonyl (C=O) groups excluding carboxylic acids is 1. The van der Waals surface area contributed by atoms with Crippen molar-refractivity contribution in [3.05, 3.63) is 95.1 Å². The van der Waals surface area contributed by atoms with Crippen molar-refractivity contribution in [2.24, 2.45) is 10.7 Å². The predicted molar refractivity (Wildman–Crippen MR) is 133 cm³/mol. The van der Waals surface area contributed by atoms with Gasteiger partial charge in [0.2, 0.25) is 0 Å². The molecular formula is C27H25N3O5. The molecule has 0 bridgehead atoms. The second-order valence-corrected chi connectivity index (χ2v) is 8.21. The quantitative estimate of drug-likeness (QED) is 0.232. The fourth-order valence-electron chi connectivity index (χ4n) is 3.76. The molecular weight excluding hydrogens is 446 g/mol. The summed E-state index contributed by atoms with van der Waals surface area (Å²) < 4.78 is 5.07. The molecule has 5 N–H and O–H groups in total. The molecule has 1 atom stereocenters. The van der Waals surface area contributed by atoms with Crippen molar-refractivity contribution < 1.29 is 24.5 Å². The normalized spacial score (nSPS) is 13.4. The van der Waals surface area contributed by atoms with Crippen molar-refractivity contribution in [2.75, 3.05) is 6.61 Å². The number of fused-ring (bicyclic) bond motifs is 1. The lowest BCUT2D eigenvalue weighted by atomic mass is 9.93. The average molecular weight is 472 g/mol. The number of benzene rings is 3. The van der Waals surface area contributed by atoms with E-state index in [9.17, 15) is 19.8 Å². The van der Waals surface area contributed by atoms with Gasteiger partial charge in [0.1, 0.15) is 5.54 Å². The Morgan fingerprint density at radius 3 is 2.34 bits per heavy atom. The summed E-state index contributed by atoms with van der Waals surface area (Å²) in [5, 5.41) is 20.9. The first-order valence-corrected chi connectivity index (χ1v) is 11.0. The predicted octanol–water partition coefficient (Wildman–Crippen LogP) is 4.48. The van der Waals surface area contributed by atoms with Crippen molar-refractivity contribution in [3.63, 3.8) is 0 Å². The van der Waals surface area contributed by atoms with Crippen LogP contribution in [-0.4, -0.2) is 39.5 Å². The molecule has 0 amide bonds. The van der Waals surface area contributed by atoms with E-state index < -0.39 is 17.5 Å². The fraction of sp³-hybridized carbons (Fsp3) is 0.148. The first kappa shape index (κ1) is 23.7. The molecule has 0 aliphatic heterocycles. The number of aromatic nitrogens is 1. The Bertz CT molecular complexity index is 1420. The number of nitrogens with two attached hydrogens (primary N) is 1. The summed E-state index contributed by atoms with van der Waals surface area (Å²) in [7, 11) is 0. The summed E-state index contributed by atoms with van der Waals surface area (Å²) in [4.78, 5) is 31.3. The van der Waals surface area contributed by atoms with Crippen molar-refractivity contribution in [1.29, 1.82) is 0 Å². The molecule has 8 heteroatoms. The van der Waals surface area contributed by atoms with Crippen molar-refractivity contribution in [1.82, 2.24) is 4.98 Å². The maximum absolute atomic E-state index is 12.1. The Morgan fingerprint density at radius 2 is 1.71 bits per heavy atom. The number of nitrogens with one attached hydrogen (secondary N) is 1. The molecule has 8 nitrogen and oxygen atoms in total. The molecule has 3 aromatic carbocycles. The highest BCUT2D eigenvalue weighted by Gasteiger charge is 2.30. The van der Waals surface area contributed by atoms with Crippen LogP contribution in [0.15, 0.2) is 77.8 Å². The fourth-order valence-corrected chi connectivity index (χ4v) is 3.76. The Labute approximate surface area is 201 Å². The van der Waals surface area contributed by atoms with Gasteiger partial charge in [0.05, 0.1) is 29.1 Å². The van der Waals surface area contributed by atoms with Crippen LogP contribution in [0.3, 0.4) is 0 Å². The number of nitrogens with zero attached hydrogens (tertiary/aromatic N) is 1. The molecule has 1 heterocycles. The number of hydrogen-bond donors (Lipinski definition) is 4. The molecule has 0 aliphatic rings. The van der Waals surface area contributed by atoms with E-state index in [0.717, 1.165) is 5.56 Å². The Hall–Kier alpha value is -4.43. The molecule has 0 aliphatic carbocycles. The third-order valence-electron chi connectivity index (χ3n) is 5.73. The van der Waals surface area contributed by atoms with E-state index in [1.165, 1.54) is 6.92 Å². The van der Waals surface area contributed by atoms with Crippen molar-refractivity contribution >= 4 is 34.2 Å². The van der Waals surface area contributed by atoms with Crippen LogP contribution in [-0.2, 0) is 15.1 Å². The monoisotopic (exact) mass is 471 g/mol. The van der Waals surface area contributed by atoms with Gasteiger partial charge in [-0.1, -0.05) is 48.5 Å². The van der Waals surface area contributed by atoms with E-state index in [-0.39, 0.29) is 12.5 Å². The van der Waals surface area contributed by atoms with Gasteiger partial charge < -0.3 is 25.7 Å². The van der Waals surface area contributed by atoms with Crippen molar-refractivity contribution in [2.45, 2.75) is 19.4 Å². The number of H-pyrrole nitrogens is 1. The standard InChI is InChI=1S/C27H25N3O5/c1-3-35-25(32)17-9-14-20-21(15-17)30-24(31)22(20)23(16-7-5-4-6-8-16)29-19-12-10-18(11-13-19)27(2,28)26(33)34/h4-15,30-31H,3,28H2,1-2H3,(H,33,34). The first-order chi connectivity index (χ1) is 16.7. The summed E-state index contributed by atoms with van der Waals surface area (Å²) >= 11 is 0. The molecule has 1 aromatic heterocycles. The SMILES string of the molecule is CCOC(=O)c1ccc2c(C(=Nc3ccc(C(C)(N)C(=O)O)cc3)c3ccccc3)c(O)[nH]c2c1. The number of carbonyl (C=O) groups is 2. The second kappa shape index (κ2) is 9.44. The molecule has 0 fully saturated rings. The van der Waals surface area contributed by atoms with Crippen molar-refractivity contribution in [3.8, 4) is 5.88 Å². The molecule has 0 spiro atoms. The Kier molecular flexibility index (Phi) is 6.40. The van der Waals surface area contributed by atoms with Crippen LogP contribution in [0.25, 0.3) is 10.9 Å². The summed E-state index contributed by atoms with van der Waals surface area (Å²) in [5.74, 6) is -1.68. The zero-order valence-electron chi connectivity index (χ0n) is 19.3. The Balaban J connectivity index is 1.84. The van der Waals surface area contributed by atoms with E-state index in [1.54, 1.807) is 49.4 Å². The van der Waals surface area contributed by atoms with Crippen LogP contribution < -0.4 is 5.73 Å². The molecule has 4 rings (SSSR count). The minimum absolute atomic E-state index is 0.0966. The number of carboxylic acids is 1. The van der Waals surface area contributed by atoms with Crippen LogP contribution in [0.2, 0.25) is 0 Å². The van der Waals surface area contributed by atoms with Gasteiger partial charge in [-0.25, -0.2) is 14.6 Å². The van der Waals surface area contributed by atoms with Gasteiger partial charge in [0.15, 0.2) is 5.88 Å². The highest BCUT2D eigenvalue weighted by Crippen LogP contribution is 2.32. The molecule has 4 aromatic rings. The van der Waals surface area contributed by atoms with Gasteiger partial charge in [0.25, 0.3) is 0 Å². The van der Waals surface area contributed by atoms with E-state index in [4.69, 9.17) is 15.5 Å². The number of carboxylic acid groups (broad SMARTS) is 1. The molecule has 0 radical (unpaired) electrons. The first-order valence-electron chi connectivity index (χ1n) is 11.0. The van der Waals surface area contributed by atoms with Gasteiger partial charge >= 0.3 is 11.9 Å². The van der Waals surface area contributed by atoms with E-state index in [2.05, 4.69) is 4.98 Å². The third kappa shape index (κ3) is 4.64. The zero-order chi connectivity index (χ0) is 25.2. The lowest BCUT2D eigenvalue weighted by molar-refractivity contribution is -0.143. The molecule has 35 heavy (non-hydrogen) atoms. The summed E-state index contributed by atoms with van der Waals surface area (Å²) in [5.41, 5.74) is 8.04. The number of aromatic hydroxyl groups is 1. The largest absolute Gasteiger partial charge is 0.494 e. The van der Waals surface area contributed by atoms with Crippen LogP contribution in [0.4, 0.5) is 5.69 Å². The summed E-state index contributed by atoms with van der Waals surface area (Å²) in [6, 6.07) is 21.0. The average Bonchev–Trinajstić information content (AvgIpc) is 3.18. The van der Waals surface area contributed by atoms with E-state index in [1.807, 2.05) is 30.3 Å². The van der Waals surface area contributed by atoms with Gasteiger partial charge in [-0.2, -0.15) is 0 Å². The van der Waals surface area contributed by atoms with E-state index >= 15 is 0 Å². The van der Waals surface area contributed by atoms with Gasteiger partial charge in [-0.05, 0) is 43.7 Å². The summed E-state index contributed by atoms with van der Waals surface area (Å²) in [6.45, 7) is 3.43. The highest BCUT2D eigenvalue weighted by atomic mass is 16.5. The maximum Gasteiger partial charge on any atom is 0.338 e. The van der Waals surface area contributed by atoms with Crippen LogP contribution >= 0.6 is 0 Å². The molecule has 0 saturated carbocycles. The van der Waals surface area contributed by atoms with Crippen LogP contribution in [0, 0.1) is 0 Å². The lowest BCUT2D eigenvalue weighted by Gasteiger charge is -2.19. The number of esters is 1. The third-order valence-corrected chi connectivity index (χ3v) is 5.73. The maximum atomic E-state index is 12.1. The van der Waals surface area contributed by atoms with Gasteiger partial charge in [0, 0.05) is 16.5 Å². The number of rotatable bonds is 7. The number of ether oxygens (including phenoxy) is 1. The minimum atomic E-state index is -1.53. The number of aromatic amines is 1. The molecule has 178 valence electrons. The van der Waals surface area contributed by atoms with Crippen LogP contribution in [0.1, 0.15) is 40.9 Å². The Morgan fingerprint density at radius 1 is 1.03 bits per heavy atom. The topological polar surface area (TPSA) is 138 Å². The zero-order valence-corrected chi connectivity index (χ0v) is 19.3. The van der Waals surface area contributed by atoms with E-state index in [0.29, 0.717) is 39.0 Å². The number of aliphatic carboxylic acids is 1. The minimum Gasteiger partial charge on any atom is -0.494 e. The van der Waals surface area contributed by atoms with Gasteiger partial charge in [-0.3, -0.25) is 0 Å². The smallest absolute Gasteiger partial charge is 0.338 e. The number of aliphatic imine (C=N–C) groups is 1. The highest BCUT2D eigenvalue weighted by molar-refractivity contribution is 6.22. The second-order valence-electron chi connectivity index (χ2n) is 8.21. The van der Waals surface area contributed by atoms with Crippen LogP contribution in [0.5, 0.6) is 5.88 Å². The molecule has 1 unspecified atom stereocenters. The lowest BCUT2D eigenvalue weighted by Crippen LogP contribution is -2.41. The molecule has 0 saturated heterocycles.